The first kappa shape index (κ1) is 14.4. The topological polar surface area (TPSA) is 38.7 Å². The molecule has 3 nitrogen and oxygen atoms in total. The Morgan fingerprint density at radius 3 is 2.50 bits per heavy atom. The van der Waals surface area contributed by atoms with Crippen molar-refractivity contribution in [3.63, 3.8) is 0 Å². The molecule has 0 bridgehead atoms. The summed E-state index contributed by atoms with van der Waals surface area (Å²) in [4.78, 5) is 0. The molecule has 2 aromatic rings. The van der Waals surface area contributed by atoms with Crippen LogP contribution in [0.1, 0.15) is 17.5 Å². The molecule has 20 heavy (non-hydrogen) atoms. The molecule has 0 spiro atoms. The second-order valence-electron chi connectivity index (χ2n) is 4.54. The number of aliphatic hydroxyl groups excluding tert-OH is 1. The zero-order valence-electron chi connectivity index (χ0n) is 11.7. The van der Waals surface area contributed by atoms with Gasteiger partial charge in [0.2, 0.25) is 0 Å². The van der Waals surface area contributed by atoms with Gasteiger partial charge in [0.15, 0.2) is 11.5 Å². The largest absolute Gasteiger partial charge is 0.493 e. The average Bonchev–Trinajstić information content (AvgIpc) is 2.52. The van der Waals surface area contributed by atoms with Gasteiger partial charge in [0.05, 0.1) is 20.3 Å². The first-order valence-electron chi connectivity index (χ1n) is 6.78. The molecule has 2 rings (SSSR count). The van der Waals surface area contributed by atoms with Crippen molar-refractivity contribution in [3.05, 3.63) is 59.7 Å². The van der Waals surface area contributed by atoms with Gasteiger partial charge < -0.3 is 14.6 Å². The number of hydrogen-bond donors (Lipinski definition) is 1. The van der Waals surface area contributed by atoms with Crippen molar-refractivity contribution in [1.82, 2.24) is 0 Å². The number of ether oxygens (including phenoxy) is 2. The molecule has 0 aliphatic rings. The van der Waals surface area contributed by atoms with E-state index in [0.29, 0.717) is 18.1 Å². The fraction of sp³-hybridized carbons (Fsp3) is 0.294. The summed E-state index contributed by atoms with van der Waals surface area (Å²) in [5.74, 6) is 1.31. The van der Waals surface area contributed by atoms with Crippen LogP contribution in [0.4, 0.5) is 0 Å². The van der Waals surface area contributed by atoms with E-state index in [2.05, 4.69) is 12.1 Å². The highest BCUT2D eigenvalue weighted by Crippen LogP contribution is 2.31. The van der Waals surface area contributed by atoms with Crippen LogP contribution in [0.25, 0.3) is 0 Å². The first-order valence-corrected chi connectivity index (χ1v) is 6.78. The van der Waals surface area contributed by atoms with Crippen LogP contribution < -0.4 is 9.47 Å². The van der Waals surface area contributed by atoms with Crippen LogP contribution in [0.5, 0.6) is 11.5 Å². The summed E-state index contributed by atoms with van der Waals surface area (Å²) in [5.41, 5.74) is 2.06. The highest BCUT2D eigenvalue weighted by molar-refractivity contribution is 5.46. The van der Waals surface area contributed by atoms with Crippen LogP contribution in [0, 0.1) is 0 Å². The normalized spacial score (nSPS) is 10.3. The number of para-hydroxylation sites is 1. The molecule has 0 atom stereocenters. The lowest BCUT2D eigenvalue weighted by molar-refractivity contribution is 0.253. The SMILES string of the molecule is COc1cccc(CO)c1OCCCc1ccccc1. The molecule has 0 heterocycles. The lowest BCUT2D eigenvalue weighted by atomic mass is 10.1. The van der Waals surface area contributed by atoms with E-state index < -0.39 is 0 Å². The fourth-order valence-corrected chi connectivity index (χ4v) is 2.11. The Balaban J connectivity index is 1.90. The summed E-state index contributed by atoms with van der Waals surface area (Å²) in [6.45, 7) is 0.549. The zero-order valence-corrected chi connectivity index (χ0v) is 11.7. The van der Waals surface area contributed by atoms with Crippen molar-refractivity contribution in [2.24, 2.45) is 0 Å². The van der Waals surface area contributed by atoms with Crippen molar-refractivity contribution in [2.75, 3.05) is 13.7 Å². The Morgan fingerprint density at radius 2 is 1.80 bits per heavy atom. The molecule has 0 aliphatic heterocycles. The van der Waals surface area contributed by atoms with E-state index in [0.717, 1.165) is 18.4 Å². The van der Waals surface area contributed by atoms with Crippen LogP contribution in [-0.2, 0) is 13.0 Å². The van der Waals surface area contributed by atoms with Crippen LogP contribution in [0.3, 0.4) is 0 Å². The van der Waals surface area contributed by atoms with E-state index in [9.17, 15) is 5.11 Å². The molecule has 0 aliphatic carbocycles. The molecular formula is C17H20O3. The minimum atomic E-state index is -0.0504. The van der Waals surface area contributed by atoms with Crippen LogP contribution in [0.2, 0.25) is 0 Å². The van der Waals surface area contributed by atoms with E-state index in [1.807, 2.05) is 36.4 Å². The predicted molar refractivity (Wildman–Crippen MR) is 79.2 cm³/mol. The van der Waals surface area contributed by atoms with E-state index in [1.54, 1.807) is 7.11 Å². The van der Waals surface area contributed by atoms with Gasteiger partial charge in [-0.25, -0.2) is 0 Å². The maximum atomic E-state index is 9.34. The fourth-order valence-electron chi connectivity index (χ4n) is 2.11. The van der Waals surface area contributed by atoms with Gasteiger partial charge in [-0.2, -0.15) is 0 Å². The summed E-state index contributed by atoms with van der Waals surface area (Å²) in [6.07, 6.45) is 1.90. The van der Waals surface area contributed by atoms with Gasteiger partial charge in [-0.15, -0.1) is 0 Å². The van der Waals surface area contributed by atoms with Gasteiger partial charge in [-0.05, 0) is 24.5 Å². The summed E-state index contributed by atoms with van der Waals surface area (Å²) >= 11 is 0. The number of benzene rings is 2. The zero-order chi connectivity index (χ0) is 14.2. The molecule has 0 unspecified atom stereocenters. The van der Waals surface area contributed by atoms with Gasteiger partial charge in [0.25, 0.3) is 0 Å². The summed E-state index contributed by atoms with van der Waals surface area (Å²) in [7, 11) is 1.60. The summed E-state index contributed by atoms with van der Waals surface area (Å²) in [6, 6.07) is 15.9. The molecule has 0 aromatic heterocycles. The van der Waals surface area contributed by atoms with E-state index in [4.69, 9.17) is 9.47 Å². The maximum absolute atomic E-state index is 9.34. The molecule has 2 aromatic carbocycles. The van der Waals surface area contributed by atoms with Gasteiger partial charge in [0, 0.05) is 5.56 Å². The van der Waals surface area contributed by atoms with Gasteiger partial charge >= 0.3 is 0 Å². The van der Waals surface area contributed by atoms with Crippen molar-refractivity contribution >= 4 is 0 Å². The van der Waals surface area contributed by atoms with Crippen LogP contribution in [-0.4, -0.2) is 18.8 Å². The smallest absolute Gasteiger partial charge is 0.166 e. The Bertz CT molecular complexity index is 501. The standard InChI is InChI=1S/C17H20O3/c1-19-16-11-5-10-15(13-18)17(16)20-12-6-9-14-7-3-2-4-8-14/h2-5,7-8,10-11,18H,6,9,12-13H2,1H3. The lowest BCUT2D eigenvalue weighted by Gasteiger charge is -2.13. The van der Waals surface area contributed by atoms with Crippen molar-refractivity contribution < 1.29 is 14.6 Å². The predicted octanol–water partition coefficient (Wildman–Crippen LogP) is 3.20. The molecule has 3 heteroatoms. The Labute approximate surface area is 119 Å². The second-order valence-corrected chi connectivity index (χ2v) is 4.54. The lowest BCUT2D eigenvalue weighted by Crippen LogP contribution is -2.03. The van der Waals surface area contributed by atoms with Crippen molar-refractivity contribution in [1.29, 1.82) is 0 Å². The maximum Gasteiger partial charge on any atom is 0.166 e. The minimum Gasteiger partial charge on any atom is -0.493 e. The van der Waals surface area contributed by atoms with E-state index in [-0.39, 0.29) is 6.61 Å². The molecule has 1 N–H and O–H groups in total. The average molecular weight is 272 g/mol. The highest BCUT2D eigenvalue weighted by atomic mass is 16.5. The third-order valence-electron chi connectivity index (χ3n) is 3.15. The van der Waals surface area contributed by atoms with Gasteiger partial charge in [0.1, 0.15) is 0 Å². The van der Waals surface area contributed by atoms with Crippen molar-refractivity contribution in [3.8, 4) is 11.5 Å². The van der Waals surface area contributed by atoms with Crippen LogP contribution in [0.15, 0.2) is 48.5 Å². The Kier molecular flexibility index (Phi) is 5.44. The Hall–Kier alpha value is -2.00. The number of rotatable bonds is 7. The summed E-state index contributed by atoms with van der Waals surface area (Å²) < 4.78 is 11.1. The first-order chi connectivity index (χ1) is 9.85. The number of aliphatic hydroxyl groups is 1. The molecule has 0 amide bonds. The quantitative estimate of drug-likeness (QED) is 0.787. The molecule has 106 valence electrons. The Morgan fingerprint density at radius 1 is 1.00 bits per heavy atom. The summed E-state index contributed by atoms with van der Waals surface area (Å²) in [5, 5.41) is 9.34. The molecular weight excluding hydrogens is 252 g/mol. The number of methoxy groups -OCH3 is 1. The minimum absolute atomic E-state index is 0.0504. The van der Waals surface area contributed by atoms with Crippen molar-refractivity contribution in [2.45, 2.75) is 19.4 Å². The highest BCUT2D eigenvalue weighted by Gasteiger charge is 2.09. The van der Waals surface area contributed by atoms with E-state index >= 15 is 0 Å². The number of aryl methyl sites for hydroxylation is 1. The molecule has 0 radical (unpaired) electrons. The number of hydrogen-bond acceptors (Lipinski definition) is 3. The van der Waals surface area contributed by atoms with Gasteiger partial charge in [-0.3, -0.25) is 0 Å². The van der Waals surface area contributed by atoms with E-state index in [1.165, 1.54) is 5.56 Å². The van der Waals surface area contributed by atoms with Gasteiger partial charge in [-0.1, -0.05) is 42.5 Å². The molecule has 0 fully saturated rings. The third kappa shape index (κ3) is 3.75. The monoisotopic (exact) mass is 272 g/mol. The second kappa shape index (κ2) is 7.56. The third-order valence-corrected chi connectivity index (χ3v) is 3.15. The molecule has 0 saturated carbocycles. The molecule has 0 saturated heterocycles. The van der Waals surface area contributed by atoms with Crippen LogP contribution >= 0.6 is 0 Å².